The molecule has 1 saturated heterocycles. The quantitative estimate of drug-likeness (QED) is 0.795. The Morgan fingerprint density at radius 1 is 1.25 bits per heavy atom. The molecule has 1 aromatic heterocycles. The van der Waals surface area contributed by atoms with Crippen LogP contribution in [0.2, 0.25) is 0 Å². The lowest BCUT2D eigenvalue weighted by atomic mass is 9.92. The first-order chi connectivity index (χ1) is 11.2. The highest BCUT2D eigenvalue weighted by Gasteiger charge is 2.27. The summed E-state index contributed by atoms with van der Waals surface area (Å²) in [5.41, 5.74) is 1.67. The van der Waals surface area contributed by atoms with E-state index in [9.17, 15) is 5.11 Å². The number of morpholine rings is 1. The summed E-state index contributed by atoms with van der Waals surface area (Å²) in [6, 6.07) is 0. The molecular formula is C18H34N4O2. The Morgan fingerprint density at radius 2 is 1.88 bits per heavy atom. The number of nitrogens with one attached hydrogen (secondary N) is 1. The summed E-state index contributed by atoms with van der Waals surface area (Å²) in [7, 11) is 2.02. The predicted octanol–water partition coefficient (Wildman–Crippen LogP) is 1.88. The predicted molar refractivity (Wildman–Crippen MR) is 97.5 cm³/mol. The monoisotopic (exact) mass is 338 g/mol. The van der Waals surface area contributed by atoms with Crippen LogP contribution in [-0.2, 0) is 18.3 Å². The minimum absolute atomic E-state index is 0.210. The molecule has 2 rings (SSSR count). The Balaban J connectivity index is 2.19. The average Bonchev–Trinajstić information content (AvgIpc) is 2.84. The van der Waals surface area contributed by atoms with E-state index < -0.39 is 5.60 Å². The number of aromatic nitrogens is 2. The molecule has 1 unspecified atom stereocenters. The minimum Gasteiger partial charge on any atom is -0.389 e. The van der Waals surface area contributed by atoms with Gasteiger partial charge in [-0.15, -0.1) is 0 Å². The van der Waals surface area contributed by atoms with Crippen molar-refractivity contribution in [3.63, 3.8) is 0 Å². The van der Waals surface area contributed by atoms with Crippen LogP contribution in [0, 0.1) is 5.92 Å². The number of nitrogens with zero attached hydrogens (tertiary/aromatic N) is 3. The van der Waals surface area contributed by atoms with Crippen molar-refractivity contribution in [3.05, 3.63) is 11.3 Å². The summed E-state index contributed by atoms with van der Waals surface area (Å²) >= 11 is 0. The number of aryl methyl sites for hydroxylation is 1. The van der Waals surface area contributed by atoms with Gasteiger partial charge in [-0.1, -0.05) is 27.7 Å². The zero-order chi connectivity index (χ0) is 17.9. The van der Waals surface area contributed by atoms with Gasteiger partial charge in [-0.3, -0.25) is 4.68 Å². The van der Waals surface area contributed by atoms with E-state index >= 15 is 0 Å². The Bertz CT molecular complexity index is 531. The van der Waals surface area contributed by atoms with Crippen LogP contribution in [0.4, 0.5) is 5.82 Å². The van der Waals surface area contributed by atoms with Gasteiger partial charge in [0.2, 0.25) is 0 Å². The van der Waals surface area contributed by atoms with Crippen molar-refractivity contribution in [1.82, 2.24) is 15.1 Å². The third kappa shape index (κ3) is 4.29. The highest BCUT2D eigenvalue weighted by molar-refractivity contribution is 5.51. The summed E-state index contributed by atoms with van der Waals surface area (Å²) < 4.78 is 7.49. The van der Waals surface area contributed by atoms with Crippen molar-refractivity contribution < 1.29 is 9.84 Å². The van der Waals surface area contributed by atoms with E-state index in [-0.39, 0.29) is 5.92 Å². The normalized spacial score (nSPS) is 18.5. The van der Waals surface area contributed by atoms with Crippen LogP contribution >= 0.6 is 0 Å². The highest BCUT2D eigenvalue weighted by atomic mass is 16.5. The number of aliphatic hydroxyl groups is 1. The number of ether oxygens (including phenoxy) is 1. The van der Waals surface area contributed by atoms with Crippen molar-refractivity contribution >= 4 is 5.82 Å². The third-order valence-electron chi connectivity index (χ3n) is 5.03. The molecule has 1 aromatic rings. The molecule has 2 N–H and O–H groups in total. The first-order valence-corrected chi connectivity index (χ1v) is 9.05. The van der Waals surface area contributed by atoms with E-state index in [0.717, 1.165) is 38.5 Å². The molecule has 1 fully saturated rings. The van der Waals surface area contributed by atoms with Gasteiger partial charge in [0.05, 0.1) is 24.5 Å². The van der Waals surface area contributed by atoms with E-state index in [0.29, 0.717) is 12.5 Å². The largest absolute Gasteiger partial charge is 0.389 e. The molecular weight excluding hydrogens is 304 g/mol. The van der Waals surface area contributed by atoms with E-state index in [1.54, 1.807) is 0 Å². The summed E-state index contributed by atoms with van der Waals surface area (Å²) in [4.78, 5) is 2.36. The maximum absolute atomic E-state index is 10.5. The minimum atomic E-state index is -0.709. The molecule has 0 aliphatic carbocycles. The summed E-state index contributed by atoms with van der Waals surface area (Å²) in [6.45, 7) is 14.9. The first-order valence-electron chi connectivity index (χ1n) is 9.05. The molecule has 138 valence electrons. The fraction of sp³-hybridized carbons (Fsp3) is 0.833. The van der Waals surface area contributed by atoms with E-state index in [1.165, 1.54) is 11.4 Å². The molecule has 1 aliphatic rings. The number of hydrogen-bond donors (Lipinski definition) is 2. The van der Waals surface area contributed by atoms with E-state index in [4.69, 9.17) is 9.84 Å². The highest BCUT2D eigenvalue weighted by Crippen LogP contribution is 2.29. The Labute approximate surface area is 146 Å². The second-order valence-electron chi connectivity index (χ2n) is 7.68. The first kappa shape index (κ1) is 19.2. The fourth-order valence-corrected chi connectivity index (χ4v) is 3.03. The Hall–Kier alpha value is -1.11. The molecule has 0 saturated carbocycles. The Kier molecular flexibility index (Phi) is 6.28. The van der Waals surface area contributed by atoms with Crippen molar-refractivity contribution in [1.29, 1.82) is 0 Å². The fourth-order valence-electron chi connectivity index (χ4n) is 3.03. The van der Waals surface area contributed by atoms with Crippen LogP contribution in [0.1, 0.15) is 51.8 Å². The van der Waals surface area contributed by atoms with Crippen molar-refractivity contribution in [3.8, 4) is 0 Å². The van der Waals surface area contributed by atoms with Crippen molar-refractivity contribution in [2.24, 2.45) is 13.0 Å². The molecule has 1 aliphatic heterocycles. The molecule has 2 heterocycles. The molecule has 6 heteroatoms. The van der Waals surface area contributed by atoms with Gasteiger partial charge in [0, 0.05) is 38.8 Å². The molecule has 24 heavy (non-hydrogen) atoms. The lowest BCUT2D eigenvalue weighted by molar-refractivity contribution is 0.0140. The van der Waals surface area contributed by atoms with Gasteiger partial charge in [-0.25, -0.2) is 0 Å². The standard InChI is InChI=1S/C18H34N4O2/c1-13(2)16-15(11-19-12-18(5,23)14(3)4)17(21(6)20-16)22-7-9-24-10-8-22/h13-14,19,23H,7-12H2,1-6H3. The Morgan fingerprint density at radius 3 is 2.42 bits per heavy atom. The molecule has 0 radical (unpaired) electrons. The van der Waals surface area contributed by atoms with Gasteiger partial charge in [-0.2, -0.15) is 5.10 Å². The topological polar surface area (TPSA) is 62.5 Å². The third-order valence-corrected chi connectivity index (χ3v) is 5.03. The lowest BCUT2D eigenvalue weighted by Crippen LogP contribution is -2.42. The summed E-state index contributed by atoms with van der Waals surface area (Å²) in [5.74, 6) is 1.76. The van der Waals surface area contributed by atoms with Gasteiger partial charge >= 0.3 is 0 Å². The molecule has 0 bridgehead atoms. The smallest absolute Gasteiger partial charge is 0.131 e. The molecule has 0 aromatic carbocycles. The zero-order valence-corrected chi connectivity index (χ0v) is 16.1. The van der Waals surface area contributed by atoms with Crippen LogP contribution in [0.5, 0.6) is 0 Å². The maximum Gasteiger partial charge on any atom is 0.131 e. The number of anilines is 1. The second-order valence-corrected chi connectivity index (χ2v) is 7.68. The summed E-state index contributed by atoms with van der Waals surface area (Å²) in [6.07, 6.45) is 0. The average molecular weight is 338 g/mol. The van der Waals surface area contributed by atoms with Gasteiger partial charge in [0.25, 0.3) is 0 Å². The van der Waals surface area contributed by atoms with Crippen molar-refractivity contribution in [2.75, 3.05) is 37.7 Å². The van der Waals surface area contributed by atoms with Crippen LogP contribution < -0.4 is 10.2 Å². The van der Waals surface area contributed by atoms with Gasteiger partial charge in [0.1, 0.15) is 5.82 Å². The SMILES string of the molecule is CC(C)c1nn(C)c(N2CCOCC2)c1CNCC(C)(O)C(C)C. The van der Waals surface area contributed by atoms with Crippen LogP contribution in [-0.4, -0.2) is 53.3 Å². The lowest BCUT2D eigenvalue weighted by Gasteiger charge is -2.30. The van der Waals surface area contributed by atoms with E-state index in [1.807, 2.05) is 32.5 Å². The maximum atomic E-state index is 10.5. The van der Waals surface area contributed by atoms with Crippen molar-refractivity contribution in [2.45, 2.75) is 52.7 Å². The van der Waals surface area contributed by atoms with Gasteiger partial charge in [-0.05, 0) is 18.8 Å². The zero-order valence-electron chi connectivity index (χ0n) is 16.1. The molecule has 0 amide bonds. The summed E-state index contributed by atoms with van der Waals surface area (Å²) in [5, 5.41) is 18.7. The number of rotatable bonds is 7. The number of hydrogen-bond acceptors (Lipinski definition) is 5. The molecule has 1 atom stereocenters. The second kappa shape index (κ2) is 7.85. The van der Waals surface area contributed by atoms with Gasteiger partial charge in [0.15, 0.2) is 0 Å². The molecule has 6 nitrogen and oxygen atoms in total. The van der Waals surface area contributed by atoms with E-state index in [2.05, 4.69) is 24.1 Å². The molecule has 0 spiro atoms. The van der Waals surface area contributed by atoms with Crippen LogP contribution in [0.25, 0.3) is 0 Å². The van der Waals surface area contributed by atoms with Crippen LogP contribution in [0.3, 0.4) is 0 Å². The van der Waals surface area contributed by atoms with Gasteiger partial charge < -0.3 is 20.1 Å². The van der Waals surface area contributed by atoms with Crippen LogP contribution in [0.15, 0.2) is 0 Å².